The smallest absolute Gasteiger partial charge is 0.317 e. The lowest BCUT2D eigenvalue weighted by atomic mass is 9.91. The molecule has 0 spiro atoms. The molecule has 1 aliphatic heterocycles. The molecule has 0 aliphatic carbocycles. The molecule has 0 saturated carbocycles. The normalized spacial score (nSPS) is 17.7. The monoisotopic (exact) mass is 321 g/mol. The summed E-state index contributed by atoms with van der Waals surface area (Å²) >= 11 is 3.30. The zero-order valence-electron chi connectivity index (χ0n) is 12.0. The van der Waals surface area contributed by atoms with Crippen molar-refractivity contribution in [1.82, 2.24) is 15.2 Å². The van der Waals surface area contributed by atoms with E-state index >= 15 is 0 Å². The third kappa shape index (κ3) is 3.44. The highest BCUT2D eigenvalue weighted by molar-refractivity contribution is 7.08. The summed E-state index contributed by atoms with van der Waals surface area (Å²) in [6, 6.07) is 2.20. The van der Waals surface area contributed by atoms with Crippen molar-refractivity contribution in [3.8, 4) is 0 Å². The van der Waals surface area contributed by atoms with E-state index < -0.39 is 0 Å². The highest BCUT2D eigenvalue weighted by atomic mass is 32.1. The summed E-state index contributed by atoms with van der Waals surface area (Å²) in [5.74, 6) is 0.608. The Morgan fingerprint density at radius 2 is 2.19 bits per heavy atom. The number of hydrogen-bond donors (Lipinski definition) is 1. The molecule has 2 aromatic rings. The Morgan fingerprint density at radius 1 is 1.38 bits per heavy atom. The van der Waals surface area contributed by atoms with Crippen LogP contribution in [0.3, 0.4) is 0 Å². The van der Waals surface area contributed by atoms with Crippen molar-refractivity contribution < 1.29 is 4.79 Å². The van der Waals surface area contributed by atoms with E-state index in [4.69, 9.17) is 0 Å². The third-order valence-corrected chi connectivity index (χ3v) is 5.34. The number of thiazole rings is 1. The molecule has 0 aromatic carbocycles. The lowest BCUT2D eigenvalue weighted by Crippen LogP contribution is -2.44. The summed E-state index contributed by atoms with van der Waals surface area (Å²) in [4.78, 5) is 18.5. The van der Waals surface area contributed by atoms with Gasteiger partial charge in [-0.3, -0.25) is 0 Å². The third-order valence-electron chi connectivity index (χ3n) is 4.03. The van der Waals surface area contributed by atoms with Crippen molar-refractivity contribution in [2.75, 3.05) is 13.1 Å². The topological polar surface area (TPSA) is 45.2 Å². The van der Waals surface area contributed by atoms with Gasteiger partial charge in [-0.05, 0) is 48.1 Å². The van der Waals surface area contributed by atoms with Crippen molar-refractivity contribution in [2.24, 2.45) is 0 Å². The average Bonchev–Trinajstić information content (AvgIpc) is 3.20. The van der Waals surface area contributed by atoms with E-state index in [1.807, 2.05) is 17.2 Å². The second-order valence-electron chi connectivity index (χ2n) is 5.40. The Labute approximate surface area is 132 Å². The van der Waals surface area contributed by atoms with Crippen molar-refractivity contribution in [3.05, 3.63) is 39.0 Å². The molecule has 2 amide bonds. The van der Waals surface area contributed by atoms with E-state index in [-0.39, 0.29) is 12.1 Å². The van der Waals surface area contributed by atoms with Crippen LogP contribution < -0.4 is 5.32 Å². The van der Waals surface area contributed by atoms with Crippen molar-refractivity contribution >= 4 is 28.7 Å². The van der Waals surface area contributed by atoms with Crippen molar-refractivity contribution in [2.45, 2.75) is 31.7 Å². The van der Waals surface area contributed by atoms with Gasteiger partial charge in [-0.1, -0.05) is 0 Å². The molecule has 1 atom stereocenters. The molecular formula is C15H19N3OS2. The highest BCUT2D eigenvalue weighted by Gasteiger charge is 2.25. The number of thiophene rings is 1. The van der Waals surface area contributed by atoms with Gasteiger partial charge in [0.1, 0.15) is 0 Å². The number of nitrogens with one attached hydrogen (secondary N) is 1. The SMILES string of the molecule is CC(NC(=O)N1CCC(c2ccsc2)CC1)c1cscn1. The first-order chi connectivity index (χ1) is 10.2. The first kappa shape index (κ1) is 14.5. The van der Waals surface area contributed by atoms with E-state index in [0.29, 0.717) is 5.92 Å². The lowest BCUT2D eigenvalue weighted by Gasteiger charge is -2.32. The fraction of sp³-hybridized carbons (Fsp3) is 0.467. The first-order valence-corrected chi connectivity index (χ1v) is 9.08. The van der Waals surface area contributed by atoms with Crippen LogP contribution in [-0.2, 0) is 0 Å². The number of aromatic nitrogens is 1. The van der Waals surface area contributed by atoms with Crippen molar-refractivity contribution in [3.63, 3.8) is 0 Å². The number of rotatable bonds is 3. The molecule has 1 fully saturated rings. The first-order valence-electron chi connectivity index (χ1n) is 7.19. The molecule has 3 rings (SSSR count). The maximum atomic E-state index is 12.3. The van der Waals surface area contributed by atoms with Crippen LogP contribution >= 0.6 is 22.7 Å². The number of amides is 2. The van der Waals surface area contributed by atoms with E-state index in [2.05, 4.69) is 27.1 Å². The predicted molar refractivity (Wildman–Crippen MR) is 86.9 cm³/mol. The Balaban J connectivity index is 1.51. The predicted octanol–water partition coefficient (Wildman–Crippen LogP) is 3.85. The molecule has 1 saturated heterocycles. The number of carbonyl (C=O) groups is 1. The van der Waals surface area contributed by atoms with Crippen LogP contribution in [0.5, 0.6) is 0 Å². The minimum absolute atomic E-state index is 0.0271. The zero-order valence-corrected chi connectivity index (χ0v) is 13.6. The number of urea groups is 1. The lowest BCUT2D eigenvalue weighted by molar-refractivity contribution is 0.178. The molecule has 1 N–H and O–H groups in total. The second-order valence-corrected chi connectivity index (χ2v) is 6.90. The summed E-state index contributed by atoms with van der Waals surface area (Å²) in [6.07, 6.45) is 2.10. The van der Waals surface area contributed by atoms with Crippen LogP contribution in [0.4, 0.5) is 4.79 Å². The molecule has 112 valence electrons. The molecule has 2 aromatic heterocycles. The summed E-state index contributed by atoms with van der Waals surface area (Å²) in [5.41, 5.74) is 4.15. The fourth-order valence-corrected chi connectivity index (χ4v) is 4.10. The van der Waals surface area contributed by atoms with Crippen LogP contribution in [0.1, 0.15) is 43.0 Å². The number of piperidine rings is 1. The van der Waals surface area contributed by atoms with Crippen molar-refractivity contribution in [1.29, 1.82) is 0 Å². The second kappa shape index (κ2) is 6.58. The van der Waals surface area contributed by atoms with Crippen LogP contribution in [0.15, 0.2) is 27.7 Å². The maximum Gasteiger partial charge on any atom is 0.317 e. The van der Waals surface area contributed by atoms with Gasteiger partial charge < -0.3 is 10.2 Å². The van der Waals surface area contributed by atoms with Gasteiger partial charge in [0.15, 0.2) is 0 Å². The van der Waals surface area contributed by atoms with Gasteiger partial charge in [0, 0.05) is 18.5 Å². The summed E-state index contributed by atoms with van der Waals surface area (Å²) in [6.45, 7) is 3.64. The Hall–Kier alpha value is -1.40. The maximum absolute atomic E-state index is 12.3. The molecular weight excluding hydrogens is 302 g/mol. The van der Waals surface area contributed by atoms with E-state index in [9.17, 15) is 4.79 Å². The number of likely N-dealkylation sites (tertiary alicyclic amines) is 1. The van der Waals surface area contributed by atoms with Gasteiger partial charge in [0.25, 0.3) is 0 Å². The van der Waals surface area contributed by atoms with Gasteiger partial charge in [-0.2, -0.15) is 11.3 Å². The van der Waals surface area contributed by atoms with E-state index in [0.717, 1.165) is 31.6 Å². The van der Waals surface area contributed by atoms with Crippen LogP contribution in [-0.4, -0.2) is 29.0 Å². The number of carbonyl (C=O) groups excluding carboxylic acids is 1. The number of nitrogens with zero attached hydrogens (tertiary/aromatic N) is 2. The van der Waals surface area contributed by atoms with E-state index in [1.165, 1.54) is 5.56 Å². The standard InChI is InChI=1S/C15H19N3OS2/c1-11(14-9-21-10-16-14)17-15(19)18-5-2-12(3-6-18)13-4-7-20-8-13/h4,7-12H,2-3,5-6H2,1H3,(H,17,19). The molecule has 1 aliphatic rings. The van der Waals surface area contributed by atoms with Crippen LogP contribution in [0, 0.1) is 0 Å². The Kier molecular flexibility index (Phi) is 4.55. The molecule has 21 heavy (non-hydrogen) atoms. The van der Waals surface area contributed by atoms with Gasteiger partial charge in [0.05, 0.1) is 17.2 Å². The molecule has 3 heterocycles. The number of hydrogen-bond acceptors (Lipinski definition) is 4. The Bertz CT molecular complexity index is 560. The minimum atomic E-state index is -0.0293. The largest absolute Gasteiger partial charge is 0.330 e. The van der Waals surface area contributed by atoms with E-state index in [1.54, 1.807) is 28.2 Å². The molecule has 4 nitrogen and oxygen atoms in total. The molecule has 6 heteroatoms. The van der Waals surface area contributed by atoms with Gasteiger partial charge >= 0.3 is 6.03 Å². The van der Waals surface area contributed by atoms with Crippen LogP contribution in [0.25, 0.3) is 0 Å². The highest BCUT2D eigenvalue weighted by Crippen LogP contribution is 2.29. The quantitative estimate of drug-likeness (QED) is 0.933. The van der Waals surface area contributed by atoms with Gasteiger partial charge in [0.2, 0.25) is 0 Å². The molecule has 0 bridgehead atoms. The Morgan fingerprint density at radius 3 is 2.81 bits per heavy atom. The molecule has 0 radical (unpaired) electrons. The summed E-state index contributed by atoms with van der Waals surface area (Å²) in [5, 5.41) is 9.37. The fourth-order valence-electron chi connectivity index (χ4n) is 2.71. The van der Waals surface area contributed by atoms with Gasteiger partial charge in [-0.15, -0.1) is 11.3 Å². The summed E-state index contributed by atoms with van der Waals surface area (Å²) in [7, 11) is 0. The minimum Gasteiger partial charge on any atom is -0.330 e. The summed E-state index contributed by atoms with van der Waals surface area (Å²) < 4.78 is 0. The molecule has 1 unspecified atom stereocenters. The van der Waals surface area contributed by atoms with Crippen LogP contribution in [0.2, 0.25) is 0 Å². The van der Waals surface area contributed by atoms with Gasteiger partial charge in [-0.25, -0.2) is 9.78 Å². The average molecular weight is 321 g/mol. The zero-order chi connectivity index (χ0) is 14.7.